The van der Waals surface area contributed by atoms with Gasteiger partial charge in [0.05, 0.1) is 6.04 Å². The summed E-state index contributed by atoms with van der Waals surface area (Å²) in [5.41, 5.74) is 7.27. The van der Waals surface area contributed by atoms with Crippen molar-refractivity contribution in [2.45, 2.75) is 13.0 Å². The number of hydrogen-bond acceptors (Lipinski definition) is 4. The number of carbonyl (C=O) groups excluding carboxylic acids is 3. The third-order valence-electron chi connectivity index (χ3n) is 4.64. The van der Waals surface area contributed by atoms with Crippen LogP contribution in [0.3, 0.4) is 0 Å². The number of halogens is 1. The van der Waals surface area contributed by atoms with E-state index in [2.05, 4.69) is 10.6 Å². The topological polar surface area (TPSA) is 111 Å². The van der Waals surface area contributed by atoms with Gasteiger partial charge < -0.3 is 21.1 Å². The lowest BCUT2D eigenvalue weighted by Crippen LogP contribution is -2.31. The largest absolute Gasteiger partial charge is 0.484 e. The summed E-state index contributed by atoms with van der Waals surface area (Å²) >= 11 is 0. The van der Waals surface area contributed by atoms with E-state index in [0.717, 1.165) is 5.56 Å². The van der Waals surface area contributed by atoms with Gasteiger partial charge in [0.2, 0.25) is 5.91 Å². The van der Waals surface area contributed by atoms with Crippen molar-refractivity contribution in [3.8, 4) is 5.75 Å². The lowest BCUT2D eigenvalue weighted by Gasteiger charge is -2.15. The van der Waals surface area contributed by atoms with Crippen LogP contribution in [-0.4, -0.2) is 24.3 Å². The van der Waals surface area contributed by atoms with E-state index in [-0.39, 0.29) is 24.5 Å². The van der Waals surface area contributed by atoms with Gasteiger partial charge in [0, 0.05) is 16.8 Å². The van der Waals surface area contributed by atoms with Crippen LogP contribution in [-0.2, 0) is 4.79 Å². The van der Waals surface area contributed by atoms with Crippen molar-refractivity contribution in [3.63, 3.8) is 0 Å². The van der Waals surface area contributed by atoms with Crippen molar-refractivity contribution in [3.05, 3.63) is 95.3 Å². The number of ether oxygens (including phenoxy) is 1. The first-order valence-electron chi connectivity index (χ1n) is 9.81. The summed E-state index contributed by atoms with van der Waals surface area (Å²) in [6, 6.07) is 18.2. The Kier molecular flexibility index (Phi) is 7.17. The minimum Gasteiger partial charge on any atom is -0.484 e. The van der Waals surface area contributed by atoms with Crippen LogP contribution < -0.4 is 21.1 Å². The summed E-state index contributed by atoms with van der Waals surface area (Å²) in [6.07, 6.45) is 0. The first-order chi connectivity index (χ1) is 15.3. The molecule has 0 aromatic heterocycles. The Bertz CT molecular complexity index is 1110. The lowest BCUT2D eigenvalue weighted by atomic mass is 10.1. The Balaban J connectivity index is 1.51. The summed E-state index contributed by atoms with van der Waals surface area (Å²) in [5.74, 6) is -1.31. The summed E-state index contributed by atoms with van der Waals surface area (Å²) in [4.78, 5) is 35.6. The van der Waals surface area contributed by atoms with Gasteiger partial charge in [0.25, 0.3) is 11.8 Å². The van der Waals surface area contributed by atoms with Crippen molar-refractivity contribution in [1.29, 1.82) is 0 Å². The number of nitrogens with one attached hydrogen (secondary N) is 2. The van der Waals surface area contributed by atoms with Gasteiger partial charge in [-0.15, -0.1) is 0 Å². The van der Waals surface area contributed by atoms with Crippen LogP contribution in [0.4, 0.5) is 10.1 Å². The van der Waals surface area contributed by atoms with E-state index < -0.39 is 11.7 Å². The molecule has 1 unspecified atom stereocenters. The van der Waals surface area contributed by atoms with Gasteiger partial charge in [0.1, 0.15) is 11.6 Å². The van der Waals surface area contributed by atoms with Gasteiger partial charge in [-0.3, -0.25) is 14.4 Å². The molecule has 0 saturated heterocycles. The maximum absolute atomic E-state index is 13.0. The Morgan fingerprint density at radius 1 is 0.969 bits per heavy atom. The summed E-state index contributed by atoms with van der Waals surface area (Å²) in [6.45, 7) is 1.59. The highest BCUT2D eigenvalue weighted by Gasteiger charge is 2.12. The second kappa shape index (κ2) is 10.2. The van der Waals surface area contributed by atoms with Crippen molar-refractivity contribution in [1.82, 2.24) is 5.32 Å². The number of primary amides is 1. The molecule has 0 bridgehead atoms. The van der Waals surface area contributed by atoms with Crippen molar-refractivity contribution < 1.29 is 23.5 Å². The zero-order chi connectivity index (χ0) is 23.1. The molecule has 0 heterocycles. The quantitative estimate of drug-likeness (QED) is 0.503. The third kappa shape index (κ3) is 6.15. The van der Waals surface area contributed by atoms with Crippen molar-refractivity contribution in [2.24, 2.45) is 5.73 Å². The maximum atomic E-state index is 13.0. The molecule has 0 aliphatic carbocycles. The number of rotatable bonds is 8. The molecule has 3 aromatic carbocycles. The standard InChI is InChI=1S/C24H22FN3O4/c1-15(27-22(29)14-32-21-4-2-3-18(13-21)23(26)30)16-7-11-20(12-8-16)28-24(31)17-5-9-19(25)10-6-17/h2-13,15H,14H2,1H3,(H2,26,30)(H,27,29)(H,28,31). The zero-order valence-corrected chi connectivity index (χ0v) is 17.3. The number of anilines is 1. The molecular formula is C24H22FN3O4. The first kappa shape index (κ1) is 22.5. The van der Waals surface area contributed by atoms with Crippen LogP contribution in [0.1, 0.15) is 39.2 Å². The molecule has 0 aliphatic rings. The Hall–Kier alpha value is -4.20. The average Bonchev–Trinajstić information content (AvgIpc) is 2.78. The van der Waals surface area contributed by atoms with Crippen molar-refractivity contribution in [2.75, 3.05) is 11.9 Å². The van der Waals surface area contributed by atoms with Gasteiger partial charge in [-0.1, -0.05) is 18.2 Å². The molecule has 3 rings (SSSR count). The van der Waals surface area contributed by atoms with Gasteiger partial charge in [-0.25, -0.2) is 4.39 Å². The molecule has 32 heavy (non-hydrogen) atoms. The van der Waals surface area contributed by atoms with E-state index in [1.165, 1.54) is 30.3 Å². The molecule has 8 heteroatoms. The van der Waals surface area contributed by atoms with E-state index in [4.69, 9.17) is 10.5 Å². The van der Waals surface area contributed by atoms with Gasteiger partial charge in [-0.2, -0.15) is 0 Å². The van der Waals surface area contributed by atoms with E-state index in [0.29, 0.717) is 22.6 Å². The monoisotopic (exact) mass is 435 g/mol. The number of nitrogens with two attached hydrogens (primary N) is 1. The minimum absolute atomic E-state index is 0.224. The summed E-state index contributed by atoms with van der Waals surface area (Å²) in [5, 5.41) is 5.55. The fourth-order valence-electron chi connectivity index (χ4n) is 2.91. The van der Waals surface area contributed by atoms with Crippen LogP contribution in [0, 0.1) is 5.82 Å². The smallest absolute Gasteiger partial charge is 0.258 e. The number of carbonyl (C=O) groups is 3. The van der Waals surface area contributed by atoms with E-state index in [1.54, 1.807) is 42.5 Å². The normalized spacial score (nSPS) is 11.3. The van der Waals surface area contributed by atoms with Gasteiger partial charge in [0.15, 0.2) is 6.61 Å². The molecule has 3 aromatic rings. The Labute approximate surface area is 184 Å². The molecule has 0 saturated carbocycles. The van der Waals surface area contributed by atoms with Gasteiger partial charge in [-0.05, 0) is 67.1 Å². The number of hydrogen-bond donors (Lipinski definition) is 3. The predicted molar refractivity (Wildman–Crippen MR) is 118 cm³/mol. The molecule has 3 amide bonds. The first-order valence-corrected chi connectivity index (χ1v) is 9.81. The Morgan fingerprint density at radius 3 is 2.31 bits per heavy atom. The summed E-state index contributed by atoms with van der Waals surface area (Å²) in [7, 11) is 0. The number of benzene rings is 3. The summed E-state index contributed by atoms with van der Waals surface area (Å²) < 4.78 is 18.4. The lowest BCUT2D eigenvalue weighted by molar-refractivity contribution is -0.123. The molecule has 1 atom stereocenters. The van der Waals surface area contributed by atoms with Crippen LogP contribution in [0.25, 0.3) is 0 Å². The zero-order valence-electron chi connectivity index (χ0n) is 17.3. The molecule has 0 fully saturated rings. The van der Waals surface area contributed by atoms with Crippen LogP contribution >= 0.6 is 0 Å². The van der Waals surface area contributed by atoms with Gasteiger partial charge >= 0.3 is 0 Å². The third-order valence-corrected chi connectivity index (χ3v) is 4.64. The molecule has 0 aliphatic heterocycles. The minimum atomic E-state index is -0.578. The second-order valence-electron chi connectivity index (χ2n) is 7.05. The second-order valence-corrected chi connectivity index (χ2v) is 7.05. The molecule has 7 nitrogen and oxygen atoms in total. The highest BCUT2D eigenvalue weighted by molar-refractivity contribution is 6.04. The molecule has 0 spiro atoms. The molecule has 4 N–H and O–H groups in total. The molecular weight excluding hydrogens is 413 g/mol. The fraction of sp³-hybridized carbons (Fsp3) is 0.125. The predicted octanol–water partition coefficient (Wildman–Crippen LogP) is 3.43. The molecule has 0 radical (unpaired) electrons. The van der Waals surface area contributed by atoms with Crippen LogP contribution in [0.15, 0.2) is 72.8 Å². The van der Waals surface area contributed by atoms with E-state index in [9.17, 15) is 18.8 Å². The van der Waals surface area contributed by atoms with Crippen molar-refractivity contribution >= 4 is 23.4 Å². The molecule has 164 valence electrons. The van der Waals surface area contributed by atoms with Crippen LogP contribution in [0.2, 0.25) is 0 Å². The van der Waals surface area contributed by atoms with E-state index >= 15 is 0 Å². The highest BCUT2D eigenvalue weighted by atomic mass is 19.1. The number of amides is 3. The average molecular weight is 435 g/mol. The highest BCUT2D eigenvalue weighted by Crippen LogP contribution is 2.17. The van der Waals surface area contributed by atoms with Crippen LogP contribution in [0.5, 0.6) is 5.75 Å². The maximum Gasteiger partial charge on any atom is 0.258 e. The SMILES string of the molecule is CC(NC(=O)COc1cccc(C(N)=O)c1)c1ccc(NC(=O)c2ccc(F)cc2)cc1. The van der Waals surface area contributed by atoms with E-state index in [1.807, 2.05) is 6.92 Å². The fourth-order valence-corrected chi connectivity index (χ4v) is 2.91. The Morgan fingerprint density at radius 2 is 1.66 bits per heavy atom.